The third-order valence-corrected chi connectivity index (χ3v) is 4.56. The molecular weight excluding hydrogens is 262 g/mol. The number of nitro groups is 1. The molecule has 0 aliphatic heterocycles. The van der Waals surface area contributed by atoms with Gasteiger partial charge in [-0.25, -0.2) is 4.98 Å². The molecule has 0 aromatic carbocycles. The molecule has 1 saturated carbocycles. The molecular formula is C10H12ClN3O2S. The van der Waals surface area contributed by atoms with E-state index in [4.69, 9.17) is 11.6 Å². The minimum atomic E-state index is -0.507. The van der Waals surface area contributed by atoms with Crippen LogP contribution in [-0.4, -0.2) is 27.5 Å². The van der Waals surface area contributed by atoms with E-state index in [2.05, 4.69) is 16.6 Å². The van der Waals surface area contributed by atoms with Gasteiger partial charge in [-0.05, 0) is 19.1 Å². The summed E-state index contributed by atoms with van der Waals surface area (Å²) in [6.07, 6.45) is 5.67. The highest BCUT2D eigenvalue weighted by Crippen LogP contribution is 2.47. The smallest absolute Gasteiger partial charge is 0.289 e. The summed E-state index contributed by atoms with van der Waals surface area (Å²) in [4.78, 5) is 14.0. The number of nitrogens with one attached hydrogen (secondary N) is 1. The van der Waals surface area contributed by atoms with Crippen molar-refractivity contribution >= 4 is 34.9 Å². The molecule has 1 aromatic heterocycles. The maximum absolute atomic E-state index is 10.5. The van der Waals surface area contributed by atoms with Gasteiger partial charge in [0.2, 0.25) is 0 Å². The van der Waals surface area contributed by atoms with Gasteiger partial charge in [0.05, 0.1) is 9.95 Å². The van der Waals surface area contributed by atoms with Gasteiger partial charge in [-0.1, -0.05) is 11.6 Å². The Kier molecular flexibility index (Phi) is 3.44. The maximum atomic E-state index is 10.5. The lowest BCUT2D eigenvalue weighted by Crippen LogP contribution is -2.18. The highest BCUT2D eigenvalue weighted by atomic mass is 35.5. The van der Waals surface area contributed by atoms with Crippen molar-refractivity contribution in [1.82, 2.24) is 4.98 Å². The van der Waals surface area contributed by atoms with Gasteiger partial charge in [0.25, 0.3) is 5.69 Å². The summed E-state index contributed by atoms with van der Waals surface area (Å²) >= 11 is 7.76. The average molecular weight is 274 g/mol. The second-order valence-electron chi connectivity index (χ2n) is 4.02. The average Bonchev–Trinajstić information content (AvgIpc) is 3.08. The molecule has 0 radical (unpaired) electrons. The predicted octanol–water partition coefficient (Wildman–Crippen LogP) is 2.95. The molecule has 1 aromatic rings. The first-order chi connectivity index (χ1) is 8.06. The van der Waals surface area contributed by atoms with Gasteiger partial charge in [-0.3, -0.25) is 10.1 Å². The molecule has 0 saturated heterocycles. The summed E-state index contributed by atoms with van der Waals surface area (Å²) in [6.45, 7) is 0.790. The lowest BCUT2D eigenvalue weighted by atomic mass is 10.3. The van der Waals surface area contributed by atoms with Crippen LogP contribution in [-0.2, 0) is 0 Å². The fraction of sp³-hybridized carbons (Fsp3) is 0.500. The molecule has 0 unspecified atom stereocenters. The van der Waals surface area contributed by atoms with Crippen molar-refractivity contribution in [2.75, 3.05) is 18.1 Å². The van der Waals surface area contributed by atoms with Gasteiger partial charge in [-0.15, -0.1) is 0 Å². The zero-order chi connectivity index (χ0) is 12.5. The Balaban J connectivity index is 2.04. The third kappa shape index (κ3) is 2.81. The molecule has 0 bridgehead atoms. The van der Waals surface area contributed by atoms with Crippen molar-refractivity contribution in [3.8, 4) is 0 Å². The first kappa shape index (κ1) is 12.4. The van der Waals surface area contributed by atoms with E-state index < -0.39 is 4.92 Å². The quantitative estimate of drug-likeness (QED) is 0.660. The number of aromatic nitrogens is 1. The first-order valence-electron chi connectivity index (χ1n) is 5.15. The summed E-state index contributed by atoms with van der Waals surface area (Å²) in [5, 5.41) is 14.0. The van der Waals surface area contributed by atoms with Crippen LogP contribution in [0.3, 0.4) is 0 Å². The van der Waals surface area contributed by atoms with Crippen LogP contribution in [0.15, 0.2) is 12.3 Å². The van der Waals surface area contributed by atoms with Crippen molar-refractivity contribution in [2.45, 2.75) is 17.6 Å². The van der Waals surface area contributed by atoms with Gasteiger partial charge in [0, 0.05) is 17.4 Å². The minimum absolute atomic E-state index is 0.0912. The maximum Gasteiger partial charge on any atom is 0.289 e. The molecule has 1 N–H and O–H groups in total. The van der Waals surface area contributed by atoms with Crippen molar-refractivity contribution in [1.29, 1.82) is 0 Å². The summed E-state index contributed by atoms with van der Waals surface area (Å²) in [6, 6.07) is 1.32. The number of pyridine rings is 1. The van der Waals surface area contributed by atoms with Crippen molar-refractivity contribution in [3.63, 3.8) is 0 Å². The fourth-order valence-corrected chi connectivity index (χ4v) is 2.45. The van der Waals surface area contributed by atoms with Gasteiger partial charge in [0.15, 0.2) is 0 Å². The highest BCUT2D eigenvalue weighted by Gasteiger charge is 2.41. The van der Waals surface area contributed by atoms with Gasteiger partial charge < -0.3 is 5.32 Å². The topological polar surface area (TPSA) is 68.1 Å². The second kappa shape index (κ2) is 4.70. The molecule has 0 spiro atoms. The van der Waals surface area contributed by atoms with Crippen molar-refractivity contribution in [2.24, 2.45) is 0 Å². The molecule has 0 amide bonds. The lowest BCUT2D eigenvalue weighted by molar-refractivity contribution is -0.385. The Morgan fingerprint density at radius 2 is 2.41 bits per heavy atom. The lowest BCUT2D eigenvalue weighted by Gasteiger charge is -2.13. The van der Waals surface area contributed by atoms with E-state index in [1.54, 1.807) is 0 Å². The van der Waals surface area contributed by atoms with Crippen LogP contribution in [0, 0.1) is 10.1 Å². The number of halogens is 1. The largest absolute Gasteiger partial charge is 0.367 e. The van der Waals surface area contributed by atoms with Gasteiger partial charge in [-0.2, -0.15) is 11.8 Å². The summed E-state index contributed by atoms with van der Waals surface area (Å²) in [7, 11) is 0. The van der Waals surface area contributed by atoms with Gasteiger partial charge >= 0.3 is 0 Å². The summed E-state index contributed by atoms with van der Waals surface area (Å²) in [5.74, 6) is 0.512. The third-order valence-electron chi connectivity index (χ3n) is 2.86. The van der Waals surface area contributed by atoms with E-state index in [-0.39, 0.29) is 10.7 Å². The van der Waals surface area contributed by atoms with E-state index >= 15 is 0 Å². The zero-order valence-corrected chi connectivity index (χ0v) is 10.8. The molecule has 92 valence electrons. The summed E-state index contributed by atoms with van der Waals surface area (Å²) in [5.41, 5.74) is -0.0912. The molecule has 1 aliphatic rings. The van der Waals surface area contributed by atoms with E-state index in [9.17, 15) is 10.1 Å². The van der Waals surface area contributed by atoms with E-state index in [1.807, 2.05) is 11.8 Å². The molecule has 7 heteroatoms. The zero-order valence-electron chi connectivity index (χ0n) is 9.27. The number of rotatable bonds is 5. The van der Waals surface area contributed by atoms with Crippen LogP contribution in [0.2, 0.25) is 5.02 Å². The van der Waals surface area contributed by atoms with Crippen LogP contribution in [0.25, 0.3) is 0 Å². The van der Waals surface area contributed by atoms with Crippen molar-refractivity contribution < 1.29 is 4.92 Å². The molecule has 1 heterocycles. The highest BCUT2D eigenvalue weighted by molar-refractivity contribution is 8.00. The Hall–Kier alpha value is -1.01. The number of anilines is 1. The Morgan fingerprint density at radius 1 is 1.71 bits per heavy atom. The molecule has 5 nitrogen and oxygen atoms in total. The second-order valence-corrected chi connectivity index (χ2v) is 5.70. The minimum Gasteiger partial charge on any atom is -0.367 e. The van der Waals surface area contributed by atoms with Crippen LogP contribution in [0.5, 0.6) is 0 Å². The van der Waals surface area contributed by atoms with Crippen molar-refractivity contribution in [3.05, 3.63) is 27.4 Å². The number of thioether (sulfide) groups is 1. The van der Waals surface area contributed by atoms with Crippen LogP contribution < -0.4 is 5.32 Å². The van der Waals surface area contributed by atoms with Gasteiger partial charge in [0.1, 0.15) is 12.0 Å². The SMILES string of the molecule is CSC1(CNc2ncc([N+](=O)[O-])cc2Cl)CC1. The van der Waals surface area contributed by atoms with Crippen LogP contribution >= 0.6 is 23.4 Å². The standard InChI is InChI=1S/C10H12ClN3O2S/c1-17-10(2-3-10)6-13-9-8(11)4-7(5-12-9)14(15)16/h4-5H,2-3,6H2,1H3,(H,12,13). The normalized spacial score (nSPS) is 16.6. The molecule has 2 rings (SSSR count). The molecule has 0 atom stereocenters. The van der Waals surface area contributed by atoms with Crippen LogP contribution in [0.4, 0.5) is 11.5 Å². The number of hydrogen-bond donors (Lipinski definition) is 1. The van der Waals surface area contributed by atoms with Crippen LogP contribution in [0.1, 0.15) is 12.8 Å². The Labute approximate surface area is 108 Å². The summed E-state index contributed by atoms with van der Waals surface area (Å²) < 4.78 is 0.298. The predicted molar refractivity (Wildman–Crippen MR) is 69.9 cm³/mol. The van der Waals surface area contributed by atoms with E-state index in [1.165, 1.54) is 25.1 Å². The number of nitrogens with zero attached hydrogens (tertiary/aromatic N) is 2. The monoisotopic (exact) mass is 273 g/mol. The first-order valence-corrected chi connectivity index (χ1v) is 6.75. The molecule has 1 fully saturated rings. The van der Waals surface area contributed by atoms with E-state index in [0.717, 1.165) is 6.54 Å². The molecule has 1 aliphatic carbocycles. The number of hydrogen-bond acceptors (Lipinski definition) is 5. The van der Waals surface area contributed by atoms with E-state index in [0.29, 0.717) is 10.6 Å². The molecule has 17 heavy (non-hydrogen) atoms. The fourth-order valence-electron chi connectivity index (χ4n) is 1.50. The Bertz CT molecular complexity index is 451. The Morgan fingerprint density at radius 3 is 2.88 bits per heavy atom.